The van der Waals surface area contributed by atoms with Crippen molar-refractivity contribution >= 4 is 39.2 Å². The molecular weight excluding hydrogens is 288 g/mol. The van der Waals surface area contributed by atoms with Crippen LogP contribution in [0.3, 0.4) is 0 Å². The fourth-order valence-electron chi connectivity index (χ4n) is 1.98. The van der Waals surface area contributed by atoms with E-state index in [2.05, 4.69) is 33.7 Å². The molecule has 21 heavy (non-hydrogen) atoms. The number of fused-ring (bicyclic) bond motifs is 1. The second kappa shape index (κ2) is 7.19. The van der Waals surface area contributed by atoms with E-state index >= 15 is 0 Å². The summed E-state index contributed by atoms with van der Waals surface area (Å²) in [6, 6.07) is 2.10. The number of carbonyl (C=O) groups is 1. The highest BCUT2D eigenvalue weighted by Crippen LogP contribution is 2.30. The molecule has 6 N–H and O–H groups in total. The van der Waals surface area contributed by atoms with Crippen LogP contribution in [0, 0.1) is 0 Å². The van der Waals surface area contributed by atoms with Crippen LogP contribution in [0.1, 0.15) is 31.1 Å². The van der Waals surface area contributed by atoms with Gasteiger partial charge in [0.15, 0.2) is 0 Å². The summed E-state index contributed by atoms with van der Waals surface area (Å²) >= 11 is 1.64. The molecule has 2 rings (SSSR count). The van der Waals surface area contributed by atoms with Crippen LogP contribution in [0.15, 0.2) is 6.07 Å². The van der Waals surface area contributed by atoms with Crippen molar-refractivity contribution in [1.29, 1.82) is 0 Å². The Balaban J connectivity index is 2.09. The Morgan fingerprint density at radius 3 is 2.86 bits per heavy atom. The van der Waals surface area contributed by atoms with Gasteiger partial charge in [0.1, 0.15) is 10.6 Å². The zero-order valence-electron chi connectivity index (χ0n) is 12.0. The highest BCUT2D eigenvalue weighted by molar-refractivity contribution is 7.18. The van der Waals surface area contributed by atoms with Gasteiger partial charge in [0, 0.05) is 17.8 Å². The van der Waals surface area contributed by atoms with E-state index in [0.29, 0.717) is 12.4 Å². The number of hydrogen-bond acceptors (Lipinski definition) is 7. The van der Waals surface area contributed by atoms with Crippen molar-refractivity contribution in [2.24, 2.45) is 11.6 Å². The monoisotopic (exact) mass is 308 g/mol. The smallest absolute Gasteiger partial charge is 0.240 e. The lowest BCUT2D eigenvalue weighted by atomic mass is 10.2. The molecule has 1 amide bonds. The van der Waals surface area contributed by atoms with E-state index in [0.717, 1.165) is 41.8 Å². The van der Waals surface area contributed by atoms with Gasteiger partial charge in [0.25, 0.3) is 0 Å². The minimum absolute atomic E-state index is 0.264. The third-order valence-electron chi connectivity index (χ3n) is 3.06. The largest absolute Gasteiger partial charge is 0.370 e. The molecule has 0 spiro atoms. The molecule has 0 aliphatic carbocycles. The third kappa shape index (κ3) is 4.02. The first-order valence-electron chi connectivity index (χ1n) is 6.93. The summed E-state index contributed by atoms with van der Waals surface area (Å²) in [5.41, 5.74) is 7.60. The molecule has 0 bridgehead atoms. The maximum absolute atomic E-state index is 10.7. The molecule has 2 aromatic heterocycles. The number of nitrogen functional groups attached to an aromatic ring is 1. The van der Waals surface area contributed by atoms with Crippen LogP contribution in [0.5, 0.6) is 0 Å². The number of carbonyl (C=O) groups excluding carboxylic acids is 1. The van der Waals surface area contributed by atoms with Gasteiger partial charge in [-0.05, 0) is 25.3 Å². The summed E-state index contributed by atoms with van der Waals surface area (Å²) in [6.45, 7) is 2.83. The van der Waals surface area contributed by atoms with E-state index < -0.39 is 0 Å². The lowest BCUT2D eigenvalue weighted by Gasteiger charge is -2.08. The molecule has 0 saturated carbocycles. The highest BCUT2D eigenvalue weighted by atomic mass is 32.1. The second-order valence-corrected chi connectivity index (χ2v) is 5.79. The molecule has 0 unspecified atom stereocenters. The average molecular weight is 308 g/mol. The minimum atomic E-state index is -0.264. The highest BCUT2D eigenvalue weighted by Gasteiger charge is 2.10. The molecule has 0 aliphatic rings. The quantitative estimate of drug-likeness (QED) is 0.334. The molecule has 2 heterocycles. The number of aromatic nitrogens is 2. The molecule has 0 aromatic carbocycles. The van der Waals surface area contributed by atoms with Crippen molar-refractivity contribution < 1.29 is 4.79 Å². The number of hydrogen-bond donors (Lipinski definition) is 4. The molecule has 0 fully saturated rings. The van der Waals surface area contributed by atoms with Gasteiger partial charge in [-0.1, -0.05) is 6.92 Å². The zero-order chi connectivity index (χ0) is 15.2. The first kappa shape index (κ1) is 15.5. The molecule has 7 nitrogen and oxygen atoms in total. The summed E-state index contributed by atoms with van der Waals surface area (Å²) in [6.07, 6.45) is 2.99. The molecule has 0 radical (unpaired) electrons. The predicted molar refractivity (Wildman–Crippen MR) is 86.1 cm³/mol. The average Bonchev–Trinajstić information content (AvgIpc) is 2.89. The Bertz CT molecular complexity index is 626. The van der Waals surface area contributed by atoms with E-state index in [1.165, 1.54) is 4.88 Å². The number of nitrogens with two attached hydrogens (primary N) is 2. The number of hydrazine groups is 1. The number of anilines is 2. The number of amides is 1. The van der Waals surface area contributed by atoms with E-state index in [4.69, 9.17) is 11.6 Å². The van der Waals surface area contributed by atoms with Crippen molar-refractivity contribution in [3.05, 3.63) is 10.9 Å². The van der Waals surface area contributed by atoms with Crippen LogP contribution in [-0.4, -0.2) is 22.4 Å². The summed E-state index contributed by atoms with van der Waals surface area (Å²) in [4.78, 5) is 21.6. The Morgan fingerprint density at radius 2 is 2.19 bits per heavy atom. The standard InChI is InChI=1S/C13H20N6OS/c1-2-8-7-9-11(16-6-4-3-5-10(14)20)17-13(19-15)18-12(9)21-8/h7H,2-6,15H2,1H3,(H2,14,20)(H2,16,17,18,19). The van der Waals surface area contributed by atoms with E-state index in [9.17, 15) is 4.79 Å². The zero-order valence-corrected chi connectivity index (χ0v) is 12.8. The lowest BCUT2D eigenvalue weighted by molar-refractivity contribution is -0.118. The van der Waals surface area contributed by atoms with Gasteiger partial charge in [0.2, 0.25) is 11.9 Å². The van der Waals surface area contributed by atoms with Crippen molar-refractivity contribution in [2.45, 2.75) is 32.6 Å². The fraction of sp³-hybridized carbons (Fsp3) is 0.462. The molecule has 2 aromatic rings. The lowest BCUT2D eigenvalue weighted by Crippen LogP contribution is -2.13. The van der Waals surface area contributed by atoms with Crippen LogP contribution < -0.4 is 22.3 Å². The molecule has 114 valence electrons. The predicted octanol–water partition coefficient (Wildman–Crippen LogP) is 1.61. The summed E-state index contributed by atoms with van der Waals surface area (Å²) in [5, 5.41) is 4.29. The maximum Gasteiger partial charge on any atom is 0.240 e. The molecule has 8 heteroatoms. The number of unbranched alkanes of at least 4 members (excludes halogenated alkanes) is 1. The number of aryl methyl sites for hydroxylation is 1. The van der Waals surface area contributed by atoms with Crippen molar-refractivity contribution in [3.63, 3.8) is 0 Å². The van der Waals surface area contributed by atoms with Crippen molar-refractivity contribution in [2.75, 3.05) is 17.3 Å². The topological polar surface area (TPSA) is 119 Å². The van der Waals surface area contributed by atoms with Gasteiger partial charge >= 0.3 is 0 Å². The fourth-order valence-corrected chi connectivity index (χ4v) is 2.94. The normalized spacial score (nSPS) is 10.8. The van der Waals surface area contributed by atoms with Crippen LogP contribution in [-0.2, 0) is 11.2 Å². The molecule has 0 aliphatic heterocycles. The molecule has 0 atom stereocenters. The maximum atomic E-state index is 10.7. The van der Waals surface area contributed by atoms with Crippen molar-refractivity contribution in [3.8, 4) is 0 Å². The van der Waals surface area contributed by atoms with Crippen LogP contribution in [0.2, 0.25) is 0 Å². The van der Waals surface area contributed by atoms with Gasteiger partial charge < -0.3 is 11.1 Å². The second-order valence-electron chi connectivity index (χ2n) is 4.68. The number of rotatable bonds is 8. The molecule has 0 saturated heterocycles. The Hall–Kier alpha value is -1.93. The third-order valence-corrected chi connectivity index (χ3v) is 4.24. The van der Waals surface area contributed by atoms with E-state index in [1.807, 2.05) is 0 Å². The van der Waals surface area contributed by atoms with Gasteiger partial charge in [0.05, 0.1) is 5.39 Å². The van der Waals surface area contributed by atoms with Crippen LogP contribution >= 0.6 is 11.3 Å². The van der Waals surface area contributed by atoms with Crippen LogP contribution in [0.4, 0.5) is 11.8 Å². The number of primary amides is 1. The van der Waals surface area contributed by atoms with E-state index in [1.54, 1.807) is 11.3 Å². The Morgan fingerprint density at radius 1 is 1.38 bits per heavy atom. The summed E-state index contributed by atoms with van der Waals surface area (Å²) < 4.78 is 0. The Kier molecular flexibility index (Phi) is 5.29. The van der Waals surface area contributed by atoms with Gasteiger partial charge in [-0.2, -0.15) is 4.98 Å². The van der Waals surface area contributed by atoms with Crippen LogP contribution in [0.25, 0.3) is 10.2 Å². The number of nitrogens with zero attached hydrogens (tertiary/aromatic N) is 2. The number of nitrogens with one attached hydrogen (secondary N) is 2. The Labute approximate surface area is 127 Å². The number of thiophene rings is 1. The summed E-state index contributed by atoms with van der Waals surface area (Å²) in [7, 11) is 0. The van der Waals surface area contributed by atoms with Gasteiger partial charge in [-0.15, -0.1) is 11.3 Å². The molecular formula is C13H20N6OS. The SMILES string of the molecule is CCc1cc2c(NCCCCC(N)=O)nc(NN)nc2s1. The van der Waals surface area contributed by atoms with Gasteiger partial charge in [-0.3, -0.25) is 10.2 Å². The van der Waals surface area contributed by atoms with E-state index in [-0.39, 0.29) is 5.91 Å². The summed E-state index contributed by atoms with van der Waals surface area (Å²) in [5.74, 6) is 6.31. The minimum Gasteiger partial charge on any atom is -0.370 e. The first-order chi connectivity index (χ1) is 10.1. The first-order valence-corrected chi connectivity index (χ1v) is 7.75. The van der Waals surface area contributed by atoms with Crippen molar-refractivity contribution in [1.82, 2.24) is 9.97 Å². The van der Waals surface area contributed by atoms with Gasteiger partial charge in [-0.25, -0.2) is 10.8 Å².